The summed E-state index contributed by atoms with van der Waals surface area (Å²) in [6.45, 7) is 1.38. The van der Waals surface area contributed by atoms with Gasteiger partial charge >= 0.3 is 0 Å². The molecule has 1 aliphatic heterocycles. The van der Waals surface area contributed by atoms with Crippen molar-refractivity contribution >= 4 is 11.8 Å². The first kappa shape index (κ1) is 15.3. The van der Waals surface area contributed by atoms with Gasteiger partial charge in [-0.2, -0.15) is 0 Å². The quantitative estimate of drug-likeness (QED) is 0.783. The van der Waals surface area contributed by atoms with E-state index >= 15 is 0 Å². The molecule has 1 atom stereocenters. The lowest BCUT2D eigenvalue weighted by Crippen LogP contribution is -2.36. The smallest absolute Gasteiger partial charge is 0.255 e. The SMILES string of the molecule is COCCOc1ccccc1C(=O)NC1CC(=O)N(C)C1. The first-order valence-electron chi connectivity index (χ1n) is 6.87. The van der Waals surface area contributed by atoms with Gasteiger partial charge in [0.2, 0.25) is 5.91 Å². The summed E-state index contributed by atoms with van der Waals surface area (Å²) in [5.74, 6) is 0.339. The number of ether oxygens (including phenoxy) is 2. The van der Waals surface area contributed by atoms with E-state index in [2.05, 4.69) is 5.32 Å². The number of nitrogens with one attached hydrogen (secondary N) is 1. The van der Waals surface area contributed by atoms with Crippen molar-refractivity contribution in [2.75, 3.05) is 33.9 Å². The second kappa shape index (κ2) is 7.08. The molecule has 0 saturated carbocycles. The molecule has 1 N–H and O–H groups in total. The predicted molar refractivity (Wildman–Crippen MR) is 77.3 cm³/mol. The molecule has 6 heteroatoms. The van der Waals surface area contributed by atoms with Gasteiger partial charge in [-0.05, 0) is 12.1 Å². The number of carbonyl (C=O) groups excluding carboxylic acids is 2. The minimum Gasteiger partial charge on any atom is -0.490 e. The summed E-state index contributed by atoms with van der Waals surface area (Å²) in [5.41, 5.74) is 0.468. The number of hydrogen-bond acceptors (Lipinski definition) is 4. The fraction of sp³-hybridized carbons (Fsp3) is 0.467. The number of benzene rings is 1. The summed E-state index contributed by atoms with van der Waals surface area (Å²) in [6, 6.07) is 6.90. The summed E-state index contributed by atoms with van der Waals surface area (Å²) in [5, 5.41) is 2.87. The number of likely N-dealkylation sites (N-methyl/N-ethyl adjacent to an activating group) is 1. The van der Waals surface area contributed by atoms with Gasteiger partial charge in [0.05, 0.1) is 18.2 Å². The number of amides is 2. The maximum absolute atomic E-state index is 12.3. The van der Waals surface area contributed by atoms with Crippen LogP contribution in [0.2, 0.25) is 0 Å². The van der Waals surface area contributed by atoms with Gasteiger partial charge in [-0.15, -0.1) is 0 Å². The van der Waals surface area contributed by atoms with E-state index in [1.807, 2.05) is 6.07 Å². The molecule has 0 spiro atoms. The van der Waals surface area contributed by atoms with Crippen LogP contribution in [0.4, 0.5) is 0 Å². The van der Waals surface area contributed by atoms with Crippen LogP contribution >= 0.6 is 0 Å². The average Bonchev–Trinajstić information content (AvgIpc) is 2.78. The van der Waals surface area contributed by atoms with Gasteiger partial charge in [-0.3, -0.25) is 9.59 Å². The summed E-state index contributed by atoms with van der Waals surface area (Å²) >= 11 is 0. The molecule has 0 bridgehead atoms. The van der Waals surface area contributed by atoms with Gasteiger partial charge in [0, 0.05) is 27.1 Å². The zero-order valence-corrected chi connectivity index (χ0v) is 12.3. The molecule has 1 heterocycles. The summed E-state index contributed by atoms with van der Waals surface area (Å²) < 4.78 is 10.5. The molecule has 2 amide bonds. The molecule has 21 heavy (non-hydrogen) atoms. The van der Waals surface area contributed by atoms with Gasteiger partial charge < -0.3 is 19.7 Å². The minimum atomic E-state index is -0.226. The molecule has 0 aliphatic carbocycles. The van der Waals surface area contributed by atoms with Crippen LogP contribution in [-0.2, 0) is 9.53 Å². The highest BCUT2D eigenvalue weighted by molar-refractivity contribution is 5.97. The molecule has 2 rings (SSSR count). The summed E-state index contributed by atoms with van der Waals surface area (Å²) in [6.07, 6.45) is 0.342. The van der Waals surface area contributed by atoms with E-state index in [1.54, 1.807) is 37.3 Å². The average molecular weight is 292 g/mol. The van der Waals surface area contributed by atoms with Crippen LogP contribution in [0.5, 0.6) is 5.75 Å². The highest BCUT2D eigenvalue weighted by Crippen LogP contribution is 2.19. The van der Waals surface area contributed by atoms with Crippen molar-refractivity contribution in [2.45, 2.75) is 12.5 Å². The molecule has 6 nitrogen and oxygen atoms in total. The van der Waals surface area contributed by atoms with Gasteiger partial charge in [0.1, 0.15) is 12.4 Å². The zero-order valence-electron chi connectivity index (χ0n) is 12.3. The first-order valence-corrected chi connectivity index (χ1v) is 6.87. The van der Waals surface area contributed by atoms with Crippen molar-refractivity contribution in [1.82, 2.24) is 10.2 Å². The van der Waals surface area contributed by atoms with E-state index in [0.717, 1.165) is 0 Å². The van der Waals surface area contributed by atoms with Gasteiger partial charge in [-0.1, -0.05) is 12.1 Å². The zero-order chi connectivity index (χ0) is 15.2. The van der Waals surface area contributed by atoms with Crippen LogP contribution in [0.1, 0.15) is 16.8 Å². The van der Waals surface area contributed by atoms with Crippen molar-refractivity contribution in [1.29, 1.82) is 0 Å². The first-order chi connectivity index (χ1) is 10.1. The number of hydrogen-bond donors (Lipinski definition) is 1. The number of rotatable bonds is 6. The third kappa shape index (κ3) is 3.95. The molecule has 0 aromatic heterocycles. The Kier molecular flexibility index (Phi) is 5.16. The van der Waals surface area contributed by atoms with E-state index in [4.69, 9.17) is 9.47 Å². The van der Waals surface area contributed by atoms with E-state index in [-0.39, 0.29) is 17.9 Å². The Hall–Kier alpha value is -2.08. The molecule has 1 aromatic carbocycles. The lowest BCUT2D eigenvalue weighted by Gasteiger charge is -2.15. The molecular formula is C15H20N2O4. The Morgan fingerprint density at radius 2 is 2.14 bits per heavy atom. The fourth-order valence-corrected chi connectivity index (χ4v) is 2.24. The lowest BCUT2D eigenvalue weighted by atomic mass is 10.1. The van der Waals surface area contributed by atoms with E-state index in [1.165, 1.54) is 0 Å². The maximum Gasteiger partial charge on any atom is 0.255 e. The Labute approximate surface area is 124 Å². The van der Waals surface area contributed by atoms with Crippen LogP contribution in [0.15, 0.2) is 24.3 Å². The highest BCUT2D eigenvalue weighted by atomic mass is 16.5. The number of para-hydroxylation sites is 1. The number of carbonyl (C=O) groups is 2. The van der Waals surface area contributed by atoms with Gasteiger partial charge in [0.15, 0.2) is 0 Å². The van der Waals surface area contributed by atoms with Crippen LogP contribution in [-0.4, -0.2) is 56.7 Å². The largest absolute Gasteiger partial charge is 0.490 e. The van der Waals surface area contributed by atoms with Crippen molar-refractivity contribution < 1.29 is 19.1 Å². The molecule has 1 unspecified atom stereocenters. The van der Waals surface area contributed by atoms with Crippen LogP contribution in [0.25, 0.3) is 0 Å². The van der Waals surface area contributed by atoms with E-state index in [0.29, 0.717) is 37.5 Å². The Morgan fingerprint density at radius 1 is 1.38 bits per heavy atom. The molecule has 1 aromatic rings. The standard InChI is InChI=1S/C15H20N2O4/c1-17-10-11(9-14(17)18)16-15(19)12-5-3-4-6-13(12)21-8-7-20-2/h3-6,11H,7-10H2,1-2H3,(H,16,19). The topological polar surface area (TPSA) is 67.9 Å². The fourth-order valence-electron chi connectivity index (χ4n) is 2.24. The van der Waals surface area contributed by atoms with Gasteiger partial charge in [0.25, 0.3) is 5.91 Å². The monoisotopic (exact) mass is 292 g/mol. The molecule has 0 radical (unpaired) electrons. The van der Waals surface area contributed by atoms with Crippen molar-refractivity contribution in [3.63, 3.8) is 0 Å². The molecule has 114 valence electrons. The lowest BCUT2D eigenvalue weighted by molar-refractivity contribution is -0.126. The van der Waals surface area contributed by atoms with E-state index < -0.39 is 0 Å². The minimum absolute atomic E-state index is 0.0462. The Bertz CT molecular complexity index is 518. The van der Waals surface area contributed by atoms with E-state index in [9.17, 15) is 9.59 Å². The van der Waals surface area contributed by atoms with Crippen molar-refractivity contribution in [3.8, 4) is 5.75 Å². The number of methoxy groups -OCH3 is 1. The predicted octanol–water partition coefficient (Wildman–Crippen LogP) is 0.672. The highest BCUT2D eigenvalue weighted by Gasteiger charge is 2.28. The molecular weight excluding hydrogens is 272 g/mol. The van der Waals surface area contributed by atoms with Gasteiger partial charge in [-0.25, -0.2) is 0 Å². The van der Waals surface area contributed by atoms with Crippen LogP contribution in [0, 0.1) is 0 Å². The van der Waals surface area contributed by atoms with Crippen molar-refractivity contribution in [2.24, 2.45) is 0 Å². The third-order valence-corrected chi connectivity index (χ3v) is 3.35. The second-order valence-electron chi connectivity index (χ2n) is 4.99. The number of nitrogens with zero attached hydrogens (tertiary/aromatic N) is 1. The summed E-state index contributed by atoms with van der Waals surface area (Å²) in [4.78, 5) is 25.4. The van der Waals surface area contributed by atoms with Crippen LogP contribution in [0.3, 0.4) is 0 Å². The maximum atomic E-state index is 12.3. The molecule has 1 saturated heterocycles. The molecule has 1 aliphatic rings. The summed E-state index contributed by atoms with van der Waals surface area (Å²) in [7, 11) is 3.33. The molecule has 1 fully saturated rings. The Balaban J connectivity index is 2.00. The number of likely N-dealkylation sites (tertiary alicyclic amines) is 1. The normalized spacial score (nSPS) is 17.9. The van der Waals surface area contributed by atoms with Crippen molar-refractivity contribution in [3.05, 3.63) is 29.8 Å². The third-order valence-electron chi connectivity index (χ3n) is 3.35. The van der Waals surface area contributed by atoms with Crippen LogP contribution < -0.4 is 10.1 Å². The Morgan fingerprint density at radius 3 is 2.81 bits per heavy atom. The second-order valence-corrected chi connectivity index (χ2v) is 4.99.